The van der Waals surface area contributed by atoms with E-state index < -0.39 is 0 Å². The zero-order valence-electron chi connectivity index (χ0n) is 19.5. The number of aryl methyl sites for hydroxylation is 1. The van der Waals surface area contributed by atoms with Crippen LogP contribution in [0, 0.1) is 0 Å². The highest BCUT2D eigenvalue weighted by molar-refractivity contribution is 5.90. The van der Waals surface area contributed by atoms with Crippen molar-refractivity contribution in [3.05, 3.63) is 64.8 Å². The Morgan fingerprint density at radius 3 is 2.83 bits per heavy atom. The Hall–Kier alpha value is -4.21. The van der Waals surface area contributed by atoms with Gasteiger partial charge in [0.15, 0.2) is 5.82 Å². The first-order valence-corrected chi connectivity index (χ1v) is 11.7. The van der Waals surface area contributed by atoms with Crippen molar-refractivity contribution in [2.24, 2.45) is 0 Å². The lowest BCUT2D eigenvalue weighted by Crippen LogP contribution is -2.26. The average molecular weight is 477 g/mol. The number of aromatic amines is 1. The first kappa shape index (κ1) is 23.9. The quantitative estimate of drug-likeness (QED) is 0.265. The van der Waals surface area contributed by atoms with Crippen LogP contribution >= 0.6 is 0 Å². The Kier molecular flexibility index (Phi) is 8.05. The molecule has 4 aromatic rings. The number of carbonyl (C=O) groups is 1. The molecule has 10 nitrogen and oxygen atoms in total. The molecule has 10 heteroatoms. The monoisotopic (exact) mass is 476 g/mol. The molecule has 0 saturated heterocycles. The van der Waals surface area contributed by atoms with Crippen LogP contribution in [-0.2, 0) is 11.2 Å². The maximum atomic E-state index is 12.2. The lowest BCUT2D eigenvalue weighted by Gasteiger charge is -2.08. The number of nitrogens with zero attached hydrogens (tertiary/aromatic N) is 3. The van der Waals surface area contributed by atoms with Crippen molar-refractivity contribution in [3.8, 4) is 17.1 Å². The molecule has 2 aromatic heterocycles. The fourth-order valence-corrected chi connectivity index (χ4v) is 3.50. The molecule has 0 unspecified atom stereocenters. The van der Waals surface area contributed by atoms with Gasteiger partial charge in [-0.3, -0.25) is 9.59 Å². The van der Waals surface area contributed by atoms with E-state index in [4.69, 9.17) is 9.26 Å². The van der Waals surface area contributed by atoms with Crippen LogP contribution in [-0.4, -0.2) is 45.9 Å². The van der Waals surface area contributed by atoms with Gasteiger partial charge in [0.1, 0.15) is 5.75 Å². The lowest BCUT2D eigenvalue weighted by atomic mass is 10.2. The van der Waals surface area contributed by atoms with E-state index in [-0.39, 0.29) is 17.9 Å². The smallest absolute Gasteiger partial charge is 0.272 e. The van der Waals surface area contributed by atoms with Crippen LogP contribution in [0.1, 0.15) is 32.1 Å². The molecule has 3 N–H and O–H groups in total. The summed E-state index contributed by atoms with van der Waals surface area (Å²) in [6, 6.07) is 14.8. The predicted molar refractivity (Wildman–Crippen MR) is 132 cm³/mol. The Balaban J connectivity index is 1.19. The number of rotatable bonds is 12. The van der Waals surface area contributed by atoms with Gasteiger partial charge < -0.3 is 19.9 Å². The predicted octanol–water partition coefficient (Wildman–Crippen LogP) is 3.31. The van der Waals surface area contributed by atoms with Gasteiger partial charge in [0.2, 0.25) is 17.6 Å². The maximum absolute atomic E-state index is 12.2. The minimum Gasteiger partial charge on any atom is -0.494 e. The molecule has 2 heterocycles. The average Bonchev–Trinajstić information content (AvgIpc) is 3.37. The van der Waals surface area contributed by atoms with Crippen molar-refractivity contribution in [3.63, 3.8) is 0 Å². The Morgan fingerprint density at radius 1 is 1.11 bits per heavy atom. The highest BCUT2D eigenvalue weighted by Gasteiger charge is 2.11. The van der Waals surface area contributed by atoms with Gasteiger partial charge in [-0.2, -0.15) is 10.1 Å². The third-order valence-corrected chi connectivity index (χ3v) is 5.26. The molecule has 1 amide bonds. The topological polar surface area (TPSA) is 135 Å². The number of ether oxygens (including phenoxy) is 1. The summed E-state index contributed by atoms with van der Waals surface area (Å²) in [5.41, 5.74) is 0.580. The van der Waals surface area contributed by atoms with Crippen molar-refractivity contribution in [2.45, 2.75) is 32.6 Å². The van der Waals surface area contributed by atoms with Gasteiger partial charge in [-0.15, -0.1) is 0 Å². The second-order valence-electron chi connectivity index (χ2n) is 7.97. The number of benzene rings is 2. The van der Waals surface area contributed by atoms with E-state index in [9.17, 15) is 9.59 Å². The molecule has 4 rings (SSSR count). The maximum Gasteiger partial charge on any atom is 0.272 e. The van der Waals surface area contributed by atoms with Crippen LogP contribution in [0.25, 0.3) is 22.2 Å². The number of amides is 1. The van der Waals surface area contributed by atoms with Crippen LogP contribution in [0.3, 0.4) is 0 Å². The van der Waals surface area contributed by atoms with Gasteiger partial charge in [-0.25, -0.2) is 5.10 Å². The molecule has 0 spiro atoms. The summed E-state index contributed by atoms with van der Waals surface area (Å²) < 4.78 is 10.9. The summed E-state index contributed by atoms with van der Waals surface area (Å²) in [6.45, 7) is 3.80. The minimum atomic E-state index is -0.221. The molecule has 0 aliphatic heterocycles. The highest BCUT2D eigenvalue weighted by Crippen LogP contribution is 2.22. The van der Waals surface area contributed by atoms with E-state index in [1.165, 1.54) is 0 Å². The van der Waals surface area contributed by atoms with Crippen molar-refractivity contribution in [1.82, 2.24) is 25.7 Å². The third-order valence-electron chi connectivity index (χ3n) is 5.26. The van der Waals surface area contributed by atoms with Crippen LogP contribution in [0.2, 0.25) is 0 Å². The summed E-state index contributed by atoms with van der Waals surface area (Å²) >= 11 is 0. The number of hydrogen-bond acceptors (Lipinski definition) is 8. The molecule has 0 aliphatic carbocycles. The van der Waals surface area contributed by atoms with Gasteiger partial charge in [0, 0.05) is 36.9 Å². The SMILES string of the molecule is CCCOc1cccc(-c2noc(CCC(=O)NCCCNc3n[nH]c(=O)c4ccccc34)n2)c1. The Morgan fingerprint density at radius 2 is 1.97 bits per heavy atom. The third kappa shape index (κ3) is 6.44. The normalized spacial score (nSPS) is 10.9. The first-order valence-electron chi connectivity index (χ1n) is 11.7. The minimum absolute atomic E-state index is 0.0904. The number of anilines is 1. The fourth-order valence-electron chi connectivity index (χ4n) is 3.50. The molecular formula is C25H28N6O4. The molecule has 182 valence electrons. The van der Waals surface area contributed by atoms with E-state index >= 15 is 0 Å². The van der Waals surface area contributed by atoms with Crippen LogP contribution in [0.15, 0.2) is 57.8 Å². The largest absolute Gasteiger partial charge is 0.494 e. The van der Waals surface area contributed by atoms with Gasteiger partial charge >= 0.3 is 0 Å². The number of hydrogen-bond donors (Lipinski definition) is 3. The Labute approximate surface area is 202 Å². The number of H-pyrrole nitrogens is 1. The van der Waals surface area contributed by atoms with Crippen LogP contribution in [0.5, 0.6) is 5.75 Å². The molecule has 0 atom stereocenters. The van der Waals surface area contributed by atoms with Gasteiger partial charge in [0.05, 0.1) is 12.0 Å². The van der Waals surface area contributed by atoms with E-state index in [0.717, 1.165) is 23.1 Å². The van der Waals surface area contributed by atoms with Gasteiger partial charge in [-0.05, 0) is 31.0 Å². The lowest BCUT2D eigenvalue weighted by molar-refractivity contribution is -0.121. The van der Waals surface area contributed by atoms with Crippen molar-refractivity contribution < 1.29 is 14.1 Å². The standard InChI is InChI=1S/C25H28N6O4/c1-2-15-34-18-8-5-7-17(16-18)23-28-22(35-31-23)12-11-21(32)26-13-6-14-27-24-19-9-3-4-10-20(19)25(33)30-29-24/h3-5,7-10,16H,2,6,11-15H2,1H3,(H,26,32)(H,27,29)(H,30,33). The number of aromatic nitrogens is 4. The zero-order valence-corrected chi connectivity index (χ0v) is 19.5. The van der Waals surface area contributed by atoms with Crippen molar-refractivity contribution in [2.75, 3.05) is 25.0 Å². The Bertz CT molecular complexity index is 1330. The van der Waals surface area contributed by atoms with Gasteiger partial charge in [-0.1, -0.05) is 42.4 Å². The van der Waals surface area contributed by atoms with E-state index in [1.807, 2.05) is 42.5 Å². The van der Waals surface area contributed by atoms with Gasteiger partial charge in [0.25, 0.3) is 5.56 Å². The number of fused-ring (bicyclic) bond motifs is 1. The summed E-state index contributed by atoms with van der Waals surface area (Å²) in [4.78, 5) is 28.4. The van der Waals surface area contributed by atoms with E-state index in [0.29, 0.717) is 55.5 Å². The molecule has 0 radical (unpaired) electrons. The van der Waals surface area contributed by atoms with E-state index in [2.05, 4.69) is 37.9 Å². The number of nitrogens with one attached hydrogen (secondary N) is 3. The van der Waals surface area contributed by atoms with Crippen LogP contribution in [0.4, 0.5) is 5.82 Å². The molecule has 0 saturated carbocycles. The zero-order chi connectivity index (χ0) is 24.5. The number of carbonyl (C=O) groups excluding carboxylic acids is 1. The molecule has 0 fully saturated rings. The van der Waals surface area contributed by atoms with Crippen LogP contribution < -0.4 is 20.9 Å². The molecule has 0 aliphatic rings. The highest BCUT2D eigenvalue weighted by atomic mass is 16.5. The van der Waals surface area contributed by atoms with Crippen molar-refractivity contribution in [1.29, 1.82) is 0 Å². The second-order valence-corrected chi connectivity index (χ2v) is 7.97. The second kappa shape index (κ2) is 11.8. The molecular weight excluding hydrogens is 448 g/mol. The van der Waals surface area contributed by atoms with E-state index in [1.54, 1.807) is 6.07 Å². The summed E-state index contributed by atoms with van der Waals surface area (Å²) in [7, 11) is 0. The summed E-state index contributed by atoms with van der Waals surface area (Å²) in [6.07, 6.45) is 2.23. The fraction of sp³-hybridized carbons (Fsp3) is 0.320. The summed E-state index contributed by atoms with van der Waals surface area (Å²) in [5, 5.41) is 18.0. The molecule has 0 bridgehead atoms. The molecule has 35 heavy (non-hydrogen) atoms. The van der Waals surface area contributed by atoms with Crippen molar-refractivity contribution >= 4 is 22.5 Å². The summed E-state index contributed by atoms with van der Waals surface area (Å²) in [5.74, 6) is 2.16. The molecule has 2 aromatic carbocycles. The first-order chi connectivity index (χ1) is 17.1.